The quantitative estimate of drug-likeness (QED) is 0.789. The average Bonchev–Trinajstić information content (AvgIpc) is 2.97. The third-order valence-electron chi connectivity index (χ3n) is 4.65. The molecule has 2 heterocycles. The molecule has 26 heavy (non-hydrogen) atoms. The smallest absolute Gasteiger partial charge is 0.243 e. The molecule has 2 aromatic rings. The van der Waals surface area contributed by atoms with Gasteiger partial charge >= 0.3 is 0 Å². The number of sulfonamides is 1. The van der Waals surface area contributed by atoms with Crippen LogP contribution in [0.2, 0.25) is 0 Å². The van der Waals surface area contributed by atoms with E-state index in [2.05, 4.69) is 15.0 Å². The molecule has 1 aromatic heterocycles. The number of aromatic nitrogens is 2. The van der Waals surface area contributed by atoms with Crippen molar-refractivity contribution in [1.29, 1.82) is 0 Å². The zero-order chi connectivity index (χ0) is 18.7. The van der Waals surface area contributed by atoms with E-state index >= 15 is 0 Å². The summed E-state index contributed by atoms with van der Waals surface area (Å²) in [6.45, 7) is 6.03. The summed E-state index contributed by atoms with van der Waals surface area (Å²) in [6.07, 6.45) is 1.40. The average molecular weight is 382 g/mol. The SMILES string of the molecule is CCc1noc([C@@H](C)N2CCCN(S(=O)(=O)c3ccc(F)cc3)CC2)n1. The van der Waals surface area contributed by atoms with Gasteiger partial charge in [0.05, 0.1) is 10.9 Å². The highest BCUT2D eigenvalue weighted by Gasteiger charge is 2.29. The van der Waals surface area contributed by atoms with Crippen LogP contribution in [0.5, 0.6) is 0 Å². The maximum Gasteiger partial charge on any atom is 0.243 e. The topological polar surface area (TPSA) is 79.5 Å². The minimum atomic E-state index is -3.63. The lowest BCUT2D eigenvalue weighted by Gasteiger charge is -2.25. The van der Waals surface area contributed by atoms with Gasteiger partial charge in [0, 0.05) is 32.6 Å². The Morgan fingerprint density at radius 1 is 1.19 bits per heavy atom. The van der Waals surface area contributed by atoms with Crippen molar-refractivity contribution < 1.29 is 17.3 Å². The lowest BCUT2D eigenvalue weighted by Crippen LogP contribution is -2.36. The Morgan fingerprint density at radius 3 is 2.58 bits per heavy atom. The van der Waals surface area contributed by atoms with E-state index < -0.39 is 15.8 Å². The molecule has 0 aliphatic carbocycles. The van der Waals surface area contributed by atoms with Crippen LogP contribution in [-0.2, 0) is 16.4 Å². The zero-order valence-corrected chi connectivity index (χ0v) is 15.7. The fourth-order valence-electron chi connectivity index (χ4n) is 3.03. The number of aryl methyl sites for hydroxylation is 1. The van der Waals surface area contributed by atoms with Crippen LogP contribution in [0.3, 0.4) is 0 Å². The van der Waals surface area contributed by atoms with E-state index in [9.17, 15) is 12.8 Å². The minimum Gasteiger partial charge on any atom is -0.338 e. The van der Waals surface area contributed by atoms with E-state index in [1.165, 1.54) is 28.6 Å². The summed E-state index contributed by atoms with van der Waals surface area (Å²) in [5.74, 6) is 0.768. The van der Waals surface area contributed by atoms with Gasteiger partial charge < -0.3 is 4.52 Å². The molecule has 0 saturated carbocycles. The van der Waals surface area contributed by atoms with Crippen molar-refractivity contribution in [2.24, 2.45) is 0 Å². The summed E-state index contributed by atoms with van der Waals surface area (Å²) in [7, 11) is -3.63. The van der Waals surface area contributed by atoms with E-state index in [1.807, 2.05) is 13.8 Å². The first kappa shape index (κ1) is 18.9. The Morgan fingerprint density at radius 2 is 1.92 bits per heavy atom. The monoisotopic (exact) mass is 382 g/mol. The Hall–Kier alpha value is -1.84. The maximum absolute atomic E-state index is 13.1. The molecule has 1 atom stereocenters. The van der Waals surface area contributed by atoms with Crippen LogP contribution < -0.4 is 0 Å². The maximum atomic E-state index is 13.1. The number of halogens is 1. The fraction of sp³-hybridized carbons (Fsp3) is 0.529. The summed E-state index contributed by atoms with van der Waals surface area (Å²) in [6, 6.07) is 4.87. The van der Waals surface area contributed by atoms with Crippen LogP contribution in [0.15, 0.2) is 33.7 Å². The molecule has 142 valence electrons. The van der Waals surface area contributed by atoms with E-state index in [0.29, 0.717) is 44.2 Å². The normalized spacial score (nSPS) is 18.6. The fourth-order valence-corrected chi connectivity index (χ4v) is 4.50. The van der Waals surface area contributed by atoms with E-state index in [0.717, 1.165) is 6.54 Å². The molecule has 0 amide bonds. The van der Waals surface area contributed by atoms with E-state index in [4.69, 9.17) is 4.52 Å². The Labute approximate surface area is 152 Å². The van der Waals surface area contributed by atoms with E-state index in [-0.39, 0.29) is 10.9 Å². The highest BCUT2D eigenvalue weighted by atomic mass is 32.2. The van der Waals surface area contributed by atoms with Crippen LogP contribution in [-0.4, -0.2) is 53.9 Å². The summed E-state index contributed by atoms with van der Waals surface area (Å²) in [4.78, 5) is 6.63. The third-order valence-corrected chi connectivity index (χ3v) is 6.56. The number of hydrogen-bond acceptors (Lipinski definition) is 6. The van der Waals surface area contributed by atoms with Crippen LogP contribution in [0.25, 0.3) is 0 Å². The Balaban J connectivity index is 1.70. The predicted molar refractivity (Wildman–Crippen MR) is 93.4 cm³/mol. The molecule has 0 bridgehead atoms. The standard InChI is InChI=1S/C17H23FN4O3S/c1-3-16-19-17(25-20-16)13(2)21-9-4-10-22(12-11-21)26(23,24)15-7-5-14(18)6-8-15/h5-8,13H,3-4,9-12H2,1-2H3/t13-/m1/s1. The van der Waals surface area contributed by atoms with Gasteiger partial charge in [0.15, 0.2) is 5.82 Å². The molecular formula is C17H23FN4O3S. The third kappa shape index (κ3) is 3.94. The Bertz CT molecular complexity index is 838. The molecule has 9 heteroatoms. The van der Waals surface area contributed by atoms with Crippen molar-refractivity contribution in [2.75, 3.05) is 26.2 Å². The van der Waals surface area contributed by atoms with Crippen molar-refractivity contribution in [2.45, 2.75) is 37.6 Å². The van der Waals surface area contributed by atoms with Gasteiger partial charge in [-0.1, -0.05) is 12.1 Å². The van der Waals surface area contributed by atoms with Crippen molar-refractivity contribution in [1.82, 2.24) is 19.3 Å². The van der Waals surface area contributed by atoms with Gasteiger partial charge in [0.25, 0.3) is 0 Å². The van der Waals surface area contributed by atoms with Crippen LogP contribution in [0, 0.1) is 5.82 Å². The number of hydrogen-bond donors (Lipinski definition) is 0. The molecule has 0 N–H and O–H groups in total. The summed E-state index contributed by atoms with van der Waals surface area (Å²) >= 11 is 0. The van der Waals surface area contributed by atoms with Gasteiger partial charge in [0.2, 0.25) is 15.9 Å². The van der Waals surface area contributed by atoms with Crippen LogP contribution in [0.4, 0.5) is 4.39 Å². The molecular weight excluding hydrogens is 359 g/mol. The molecule has 1 aliphatic rings. The van der Waals surface area contributed by atoms with Crippen molar-refractivity contribution in [3.8, 4) is 0 Å². The van der Waals surface area contributed by atoms with Gasteiger partial charge in [-0.2, -0.15) is 9.29 Å². The second kappa shape index (κ2) is 7.81. The number of rotatable bonds is 5. The molecule has 1 aliphatic heterocycles. The van der Waals surface area contributed by atoms with Crippen LogP contribution in [0.1, 0.15) is 38.0 Å². The molecule has 1 fully saturated rings. The minimum absolute atomic E-state index is 0.0729. The van der Waals surface area contributed by atoms with Crippen molar-refractivity contribution in [3.63, 3.8) is 0 Å². The first-order valence-electron chi connectivity index (χ1n) is 8.74. The molecule has 7 nitrogen and oxygen atoms in total. The lowest BCUT2D eigenvalue weighted by atomic mass is 10.2. The Kier molecular flexibility index (Phi) is 5.69. The molecule has 1 saturated heterocycles. The summed E-state index contributed by atoms with van der Waals surface area (Å²) in [5.41, 5.74) is 0. The lowest BCUT2D eigenvalue weighted by molar-refractivity contribution is 0.181. The van der Waals surface area contributed by atoms with Crippen molar-refractivity contribution in [3.05, 3.63) is 41.8 Å². The highest BCUT2D eigenvalue weighted by molar-refractivity contribution is 7.89. The first-order valence-corrected chi connectivity index (χ1v) is 10.2. The molecule has 0 unspecified atom stereocenters. The molecule has 0 radical (unpaired) electrons. The predicted octanol–water partition coefficient (Wildman–Crippen LogP) is 2.23. The number of benzene rings is 1. The van der Waals surface area contributed by atoms with E-state index in [1.54, 1.807) is 0 Å². The van der Waals surface area contributed by atoms with Crippen LogP contribution >= 0.6 is 0 Å². The van der Waals surface area contributed by atoms with Gasteiger partial charge in [0.1, 0.15) is 5.82 Å². The van der Waals surface area contributed by atoms with Gasteiger partial charge in [-0.25, -0.2) is 12.8 Å². The van der Waals surface area contributed by atoms with Gasteiger partial charge in [-0.3, -0.25) is 4.90 Å². The first-order chi connectivity index (χ1) is 12.4. The number of nitrogens with zero attached hydrogens (tertiary/aromatic N) is 4. The summed E-state index contributed by atoms with van der Waals surface area (Å²) < 4.78 is 45.4. The second-order valence-corrected chi connectivity index (χ2v) is 8.26. The molecule has 0 spiro atoms. The zero-order valence-electron chi connectivity index (χ0n) is 14.9. The highest BCUT2D eigenvalue weighted by Crippen LogP contribution is 2.23. The van der Waals surface area contributed by atoms with Gasteiger partial charge in [-0.05, 0) is 37.6 Å². The summed E-state index contributed by atoms with van der Waals surface area (Å²) in [5, 5.41) is 3.93. The van der Waals surface area contributed by atoms with Crippen molar-refractivity contribution >= 4 is 10.0 Å². The molecule has 1 aromatic carbocycles. The van der Waals surface area contributed by atoms with Gasteiger partial charge in [-0.15, -0.1) is 0 Å². The molecule has 3 rings (SSSR count). The second-order valence-electron chi connectivity index (χ2n) is 6.33. The largest absolute Gasteiger partial charge is 0.338 e.